The lowest BCUT2D eigenvalue weighted by molar-refractivity contribution is 0.262. The highest BCUT2D eigenvalue weighted by atomic mass is 35.5. The number of nitrogens with one attached hydrogen (secondary N) is 2. The van der Waals surface area contributed by atoms with Crippen LogP contribution in [-0.2, 0) is 6.54 Å². The molecule has 0 aliphatic heterocycles. The van der Waals surface area contributed by atoms with Gasteiger partial charge in [-0.2, -0.15) is 5.10 Å². The van der Waals surface area contributed by atoms with E-state index in [0.717, 1.165) is 6.54 Å². The van der Waals surface area contributed by atoms with Gasteiger partial charge in [-0.3, -0.25) is 10.00 Å². The molecular weight excluding hydrogens is 287 g/mol. The Morgan fingerprint density at radius 2 is 2.11 bits per heavy atom. The Morgan fingerprint density at radius 1 is 1.32 bits per heavy atom. The van der Waals surface area contributed by atoms with Gasteiger partial charge >= 0.3 is 6.03 Å². The van der Waals surface area contributed by atoms with Crippen LogP contribution in [0, 0.1) is 0 Å². The average Bonchev–Trinajstić information content (AvgIpc) is 2.82. The number of hydrogen-bond donors (Lipinski definition) is 2. The van der Waals surface area contributed by atoms with Crippen LogP contribution in [0.2, 0.25) is 10.0 Å². The number of carbonyl (C=O) groups excluding carboxylic acids is 1. The number of aryl methyl sites for hydroxylation is 1. The van der Waals surface area contributed by atoms with Crippen molar-refractivity contribution in [2.75, 3.05) is 10.6 Å². The molecule has 0 aliphatic rings. The van der Waals surface area contributed by atoms with Crippen molar-refractivity contribution in [2.45, 2.75) is 13.5 Å². The summed E-state index contributed by atoms with van der Waals surface area (Å²) in [5, 5.41) is 10.0. The van der Waals surface area contributed by atoms with Crippen molar-refractivity contribution in [3.63, 3.8) is 0 Å². The van der Waals surface area contributed by atoms with Crippen LogP contribution in [0.4, 0.5) is 16.3 Å². The summed E-state index contributed by atoms with van der Waals surface area (Å²) in [6.45, 7) is 2.70. The Morgan fingerprint density at radius 3 is 2.79 bits per heavy atom. The summed E-state index contributed by atoms with van der Waals surface area (Å²) in [7, 11) is 0. The number of benzene rings is 1. The van der Waals surface area contributed by atoms with Crippen molar-refractivity contribution >= 4 is 40.7 Å². The van der Waals surface area contributed by atoms with Crippen molar-refractivity contribution in [1.82, 2.24) is 9.78 Å². The SMILES string of the molecule is CCn1ccc(NC(=O)Nc2cccc(Cl)c2Cl)n1. The lowest BCUT2D eigenvalue weighted by Gasteiger charge is -2.08. The molecule has 1 aromatic heterocycles. The first-order valence-electron chi connectivity index (χ1n) is 5.65. The zero-order chi connectivity index (χ0) is 13.8. The van der Waals surface area contributed by atoms with Gasteiger partial charge in [-0.1, -0.05) is 29.3 Å². The molecule has 0 atom stereocenters. The monoisotopic (exact) mass is 298 g/mol. The van der Waals surface area contributed by atoms with Gasteiger partial charge in [-0.15, -0.1) is 0 Å². The highest BCUT2D eigenvalue weighted by Crippen LogP contribution is 2.29. The molecule has 2 amide bonds. The Bertz CT molecular complexity index is 597. The van der Waals surface area contributed by atoms with E-state index in [4.69, 9.17) is 23.2 Å². The standard InChI is InChI=1S/C12H12Cl2N4O/c1-2-18-7-6-10(17-18)16-12(19)15-9-5-3-4-8(13)11(9)14/h3-7H,2H2,1H3,(H2,15,16,17,19). The first kappa shape index (κ1) is 13.7. The van der Waals surface area contributed by atoms with Crippen LogP contribution in [-0.4, -0.2) is 15.8 Å². The van der Waals surface area contributed by atoms with Crippen LogP contribution >= 0.6 is 23.2 Å². The van der Waals surface area contributed by atoms with Crippen LogP contribution in [0.15, 0.2) is 30.5 Å². The smallest absolute Gasteiger partial charge is 0.306 e. The second-order valence-electron chi connectivity index (χ2n) is 3.74. The summed E-state index contributed by atoms with van der Waals surface area (Å²) >= 11 is 11.8. The molecular formula is C12H12Cl2N4O. The number of rotatable bonds is 3. The summed E-state index contributed by atoms with van der Waals surface area (Å²) in [6, 6.07) is 6.30. The van der Waals surface area contributed by atoms with E-state index < -0.39 is 6.03 Å². The van der Waals surface area contributed by atoms with E-state index in [1.807, 2.05) is 6.92 Å². The summed E-state index contributed by atoms with van der Waals surface area (Å²) < 4.78 is 1.71. The highest BCUT2D eigenvalue weighted by molar-refractivity contribution is 6.44. The van der Waals surface area contributed by atoms with Crippen molar-refractivity contribution in [1.29, 1.82) is 0 Å². The minimum atomic E-state index is -0.425. The number of urea groups is 1. The summed E-state index contributed by atoms with van der Waals surface area (Å²) in [5.41, 5.74) is 0.446. The van der Waals surface area contributed by atoms with E-state index in [2.05, 4.69) is 15.7 Å². The fourth-order valence-corrected chi connectivity index (χ4v) is 1.82. The molecule has 1 heterocycles. The molecule has 2 N–H and O–H groups in total. The predicted molar refractivity (Wildman–Crippen MR) is 77.0 cm³/mol. The molecule has 0 radical (unpaired) electrons. The number of nitrogens with zero attached hydrogens (tertiary/aromatic N) is 2. The zero-order valence-electron chi connectivity index (χ0n) is 10.2. The maximum atomic E-state index is 11.8. The lowest BCUT2D eigenvalue weighted by Crippen LogP contribution is -2.20. The largest absolute Gasteiger partial charge is 0.324 e. The van der Waals surface area contributed by atoms with Gasteiger partial charge < -0.3 is 5.32 Å². The molecule has 0 saturated heterocycles. The zero-order valence-corrected chi connectivity index (χ0v) is 11.7. The van der Waals surface area contributed by atoms with Crippen molar-refractivity contribution < 1.29 is 4.79 Å². The van der Waals surface area contributed by atoms with Crippen LogP contribution < -0.4 is 10.6 Å². The molecule has 2 rings (SSSR count). The van der Waals surface area contributed by atoms with Crippen molar-refractivity contribution in [3.8, 4) is 0 Å². The number of halogens is 2. The van der Waals surface area contributed by atoms with Gasteiger partial charge in [0.05, 0.1) is 15.7 Å². The van der Waals surface area contributed by atoms with E-state index in [-0.39, 0.29) is 0 Å². The fourth-order valence-electron chi connectivity index (χ4n) is 1.47. The summed E-state index contributed by atoms with van der Waals surface area (Å²) in [5.74, 6) is 0.470. The van der Waals surface area contributed by atoms with Crippen LogP contribution in [0.5, 0.6) is 0 Å². The normalized spacial score (nSPS) is 10.3. The van der Waals surface area contributed by atoms with Crippen molar-refractivity contribution in [3.05, 3.63) is 40.5 Å². The third-order valence-corrected chi connectivity index (χ3v) is 3.22. The molecule has 0 saturated carbocycles. The Labute approximate surface area is 120 Å². The molecule has 0 aliphatic carbocycles. The molecule has 0 unspecified atom stereocenters. The van der Waals surface area contributed by atoms with Crippen LogP contribution in [0.25, 0.3) is 0 Å². The van der Waals surface area contributed by atoms with Crippen LogP contribution in [0.1, 0.15) is 6.92 Å². The number of hydrogen-bond acceptors (Lipinski definition) is 2. The highest BCUT2D eigenvalue weighted by Gasteiger charge is 2.09. The quantitative estimate of drug-likeness (QED) is 0.904. The molecule has 0 bridgehead atoms. The maximum Gasteiger partial charge on any atom is 0.324 e. The molecule has 100 valence electrons. The van der Waals surface area contributed by atoms with Gasteiger partial charge in [-0.25, -0.2) is 4.79 Å². The summed E-state index contributed by atoms with van der Waals surface area (Å²) in [6.07, 6.45) is 1.78. The average molecular weight is 299 g/mol. The second-order valence-corrected chi connectivity index (χ2v) is 4.52. The van der Waals surface area contributed by atoms with Crippen molar-refractivity contribution in [2.24, 2.45) is 0 Å². The first-order valence-corrected chi connectivity index (χ1v) is 6.41. The van der Waals surface area contributed by atoms with E-state index in [1.165, 1.54) is 0 Å². The molecule has 19 heavy (non-hydrogen) atoms. The minimum Gasteiger partial charge on any atom is -0.306 e. The fraction of sp³-hybridized carbons (Fsp3) is 0.167. The topological polar surface area (TPSA) is 59.0 Å². The van der Waals surface area contributed by atoms with Gasteiger partial charge in [0, 0.05) is 18.8 Å². The Balaban J connectivity index is 2.03. The van der Waals surface area contributed by atoms with Crippen LogP contribution in [0.3, 0.4) is 0 Å². The first-order chi connectivity index (χ1) is 9.10. The molecule has 2 aromatic rings. The van der Waals surface area contributed by atoms with E-state index in [0.29, 0.717) is 21.6 Å². The Kier molecular flexibility index (Phi) is 4.29. The van der Waals surface area contributed by atoms with E-state index >= 15 is 0 Å². The molecule has 5 nitrogen and oxygen atoms in total. The van der Waals surface area contributed by atoms with Gasteiger partial charge in [0.25, 0.3) is 0 Å². The maximum absolute atomic E-state index is 11.8. The number of anilines is 2. The van der Waals surface area contributed by atoms with E-state index in [1.54, 1.807) is 35.1 Å². The number of carbonyl (C=O) groups is 1. The molecule has 7 heteroatoms. The third kappa shape index (κ3) is 3.39. The lowest BCUT2D eigenvalue weighted by atomic mass is 10.3. The van der Waals surface area contributed by atoms with Gasteiger partial charge in [0.1, 0.15) is 0 Å². The molecule has 0 fully saturated rings. The third-order valence-electron chi connectivity index (χ3n) is 2.41. The van der Waals surface area contributed by atoms with Gasteiger partial charge in [0.2, 0.25) is 0 Å². The Hall–Kier alpha value is -1.72. The van der Waals surface area contributed by atoms with E-state index in [9.17, 15) is 4.79 Å². The van der Waals surface area contributed by atoms with Gasteiger partial charge in [0.15, 0.2) is 5.82 Å². The minimum absolute atomic E-state index is 0.304. The second kappa shape index (κ2) is 5.95. The number of amides is 2. The number of aromatic nitrogens is 2. The molecule has 0 spiro atoms. The molecule has 1 aromatic carbocycles. The van der Waals surface area contributed by atoms with Gasteiger partial charge in [-0.05, 0) is 19.1 Å². The predicted octanol–water partition coefficient (Wildman–Crippen LogP) is 3.85. The summed E-state index contributed by atoms with van der Waals surface area (Å²) in [4.78, 5) is 11.8.